The van der Waals surface area contributed by atoms with Gasteiger partial charge in [-0.1, -0.05) is 0 Å². The molecule has 70 valence electrons. The summed E-state index contributed by atoms with van der Waals surface area (Å²) in [5, 5.41) is 8.17. The Balaban J connectivity index is 2.87. The molecule has 0 aliphatic heterocycles. The second-order valence-corrected chi connectivity index (χ2v) is 2.39. The highest BCUT2D eigenvalue weighted by Gasteiger charge is 2.01. The minimum absolute atomic E-state index is 0.167. The molecule has 4 heteroatoms. The number of Topliss-reactive ketones (excluding diaryl/α,β-unsaturated/α-hetero) is 1. The summed E-state index contributed by atoms with van der Waals surface area (Å²) in [6.07, 6.45) is 0. The van der Waals surface area contributed by atoms with Gasteiger partial charge in [-0.2, -0.15) is 0 Å². The topological polar surface area (TPSA) is 54.4 Å². The number of carbonyl (C=O) groups excluding carboxylic acids is 1. The average Bonchev–Trinajstić information content (AvgIpc) is 2.15. The van der Waals surface area contributed by atoms with Crippen LogP contribution < -0.4 is 0 Å². The van der Waals surface area contributed by atoms with E-state index < -0.39 is 17.6 Å². The predicted octanol–water partition coefficient (Wildman–Crippen LogP) is 1.10. The Bertz CT molecular complexity index is 423. The van der Waals surface area contributed by atoms with Gasteiger partial charge in [0.15, 0.2) is 0 Å². The van der Waals surface area contributed by atoms with Crippen LogP contribution in [0.25, 0.3) is 0 Å². The molecule has 0 heterocycles. The van der Waals surface area contributed by atoms with E-state index in [1.807, 2.05) is 5.92 Å². The number of hydrogen-bond acceptors (Lipinski definition) is 2. The number of aliphatic carboxylic acids is 1. The van der Waals surface area contributed by atoms with E-state index >= 15 is 0 Å². The van der Waals surface area contributed by atoms with Crippen LogP contribution in [0.4, 0.5) is 4.39 Å². The van der Waals surface area contributed by atoms with Crippen LogP contribution in [-0.2, 0) is 4.79 Å². The van der Waals surface area contributed by atoms with Crippen LogP contribution in [-0.4, -0.2) is 16.9 Å². The summed E-state index contributed by atoms with van der Waals surface area (Å²) in [7, 11) is 0. The third-order valence-electron chi connectivity index (χ3n) is 1.39. The molecule has 0 atom stereocenters. The van der Waals surface area contributed by atoms with Gasteiger partial charge >= 0.3 is 5.97 Å². The maximum absolute atomic E-state index is 12.4. The quantitative estimate of drug-likeness (QED) is 0.411. The largest absolute Gasteiger partial charge is 0.472 e. The first-order valence-electron chi connectivity index (χ1n) is 3.64. The van der Waals surface area contributed by atoms with Gasteiger partial charge in [-0.3, -0.25) is 4.79 Å². The summed E-state index contributed by atoms with van der Waals surface area (Å²) in [5.74, 6) is 1.10. The lowest BCUT2D eigenvalue weighted by Crippen LogP contribution is -1.97. The molecule has 1 N–H and O–H groups in total. The molecular weight excluding hydrogens is 187 g/mol. The first-order chi connectivity index (χ1) is 6.59. The molecule has 0 saturated carbocycles. The van der Waals surface area contributed by atoms with Gasteiger partial charge in [0.25, 0.3) is 0 Å². The van der Waals surface area contributed by atoms with E-state index in [0.717, 1.165) is 12.1 Å². The van der Waals surface area contributed by atoms with E-state index in [1.54, 1.807) is 5.92 Å². The zero-order valence-electron chi connectivity index (χ0n) is 6.95. The zero-order chi connectivity index (χ0) is 10.6. The third kappa shape index (κ3) is 2.72. The fourth-order valence-corrected chi connectivity index (χ4v) is 0.784. The Morgan fingerprint density at radius 3 is 2.21 bits per heavy atom. The van der Waals surface area contributed by atoms with Gasteiger partial charge < -0.3 is 5.11 Å². The number of carboxylic acids is 1. The van der Waals surface area contributed by atoms with Gasteiger partial charge in [-0.05, 0) is 30.2 Å². The van der Waals surface area contributed by atoms with Gasteiger partial charge in [0.2, 0.25) is 5.78 Å². The molecule has 0 unspecified atom stereocenters. The molecule has 0 aromatic heterocycles. The molecule has 0 amide bonds. The van der Waals surface area contributed by atoms with E-state index in [0.29, 0.717) is 0 Å². The fraction of sp³-hybridized carbons (Fsp3) is 0. The average molecular weight is 192 g/mol. The van der Waals surface area contributed by atoms with Gasteiger partial charge in [0, 0.05) is 11.5 Å². The van der Waals surface area contributed by atoms with Crippen LogP contribution in [0.15, 0.2) is 24.3 Å². The van der Waals surface area contributed by atoms with Crippen molar-refractivity contribution in [2.75, 3.05) is 0 Å². The van der Waals surface area contributed by atoms with Crippen LogP contribution >= 0.6 is 0 Å². The lowest BCUT2D eigenvalue weighted by atomic mass is 10.1. The fourth-order valence-electron chi connectivity index (χ4n) is 0.784. The molecule has 1 aromatic carbocycles. The van der Waals surface area contributed by atoms with E-state index in [2.05, 4.69) is 0 Å². The summed E-state index contributed by atoms with van der Waals surface area (Å²) >= 11 is 0. The SMILES string of the molecule is O=C(O)C#CC(=O)c1ccc(F)cc1. The molecule has 0 aliphatic rings. The molecule has 1 rings (SSSR count). The minimum Gasteiger partial charge on any atom is -0.472 e. The Labute approximate surface area is 79.2 Å². The Kier molecular flexibility index (Phi) is 2.97. The summed E-state index contributed by atoms with van der Waals surface area (Å²) in [6.45, 7) is 0. The van der Waals surface area contributed by atoms with Gasteiger partial charge in [-0.15, -0.1) is 0 Å². The first-order valence-corrected chi connectivity index (χ1v) is 3.64. The van der Waals surface area contributed by atoms with Gasteiger partial charge in [-0.25, -0.2) is 9.18 Å². The predicted molar refractivity (Wildman–Crippen MR) is 46.1 cm³/mol. The Morgan fingerprint density at radius 1 is 1.14 bits per heavy atom. The third-order valence-corrected chi connectivity index (χ3v) is 1.39. The molecule has 0 bridgehead atoms. The zero-order valence-corrected chi connectivity index (χ0v) is 6.95. The number of halogens is 1. The van der Waals surface area contributed by atoms with Crippen molar-refractivity contribution < 1.29 is 19.1 Å². The number of carboxylic acid groups (broad SMARTS) is 1. The van der Waals surface area contributed by atoms with Crippen molar-refractivity contribution >= 4 is 11.8 Å². The Hall–Kier alpha value is -2.15. The van der Waals surface area contributed by atoms with Crippen LogP contribution in [0, 0.1) is 17.7 Å². The summed E-state index contributed by atoms with van der Waals surface area (Å²) in [5.41, 5.74) is 0.167. The Morgan fingerprint density at radius 2 is 1.71 bits per heavy atom. The molecule has 3 nitrogen and oxygen atoms in total. The maximum Gasteiger partial charge on any atom is 0.382 e. The molecule has 0 saturated heterocycles. The molecule has 0 spiro atoms. The van der Waals surface area contributed by atoms with Crippen LogP contribution in [0.2, 0.25) is 0 Å². The van der Waals surface area contributed by atoms with Crippen LogP contribution in [0.3, 0.4) is 0 Å². The normalized spacial score (nSPS) is 8.64. The molecule has 14 heavy (non-hydrogen) atoms. The lowest BCUT2D eigenvalue weighted by Gasteiger charge is -1.91. The van der Waals surface area contributed by atoms with Crippen molar-refractivity contribution in [3.05, 3.63) is 35.6 Å². The summed E-state index contributed by atoms with van der Waals surface area (Å²) in [4.78, 5) is 21.1. The molecule has 0 aliphatic carbocycles. The monoisotopic (exact) mass is 192 g/mol. The highest BCUT2D eigenvalue weighted by molar-refractivity contribution is 6.11. The van der Waals surface area contributed by atoms with E-state index in [1.165, 1.54) is 12.1 Å². The second kappa shape index (κ2) is 4.19. The van der Waals surface area contributed by atoms with Crippen LogP contribution in [0.5, 0.6) is 0 Å². The van der Waals surface area contributed by atoms with Crippen molar-refractivity contribution in [2.45, 2.75) is 0 Å². The molecular formula is C10H5FO3. The van der Waals surface area contributed by atoms with Crippen molar-refractivity contribution in [1.29, 1.82) is 0 Å². The number of carbonyl (C=O) groups is 2. The standard InChI is InChI=1S/C10H5FO3/c11-8-3-1-7(2-4-8)9(12)5-6-10(13)14/h1-4H,(H,13,14). The van der Waals surface area contributed by atoms with Gasteiger partial charge in [0.05, 0.1) is 0 Å². The summed E-state index contributed by atoms with van der Waals surface area (Å²) < 4.78 is 12.4. The lowest BCUT2D eigenvalue weighted by molar-refractivity contribution is -0.130. The highest BCUT2D eigenvalue weighted by Crippen LogP contribution is 2.02. The number of benzene rings is 1. The number of rotatable bonds is 1. The van der Waals surface area contributed by atoms with Crippen molar-refractivity contribution in [3.63, 3.8) is 0 Å². The first kappa shape index (κ1) is 9.93. The number of hydrogen-bond donors (Lipinski definition) is 1. The summed E-state index contributed by atoms with van der Waals surface area (Å²) in [6, 6.07) is 4.70. The molecule has 1 aromatic rings. The number of ketones is 1. The maximum atomic E-state index is 12.4. The van der Waals surface area contributed by atoms with Crippen LogP contribution in [0.1, 0.15) is 10.4 Å². The highest BCUT2D eigenvalue weighted by atomic mass is 19.1. The second-order valence-electron chi connectivity index (χ2n) is 2.39. The van der Waals surface area contributed by atoms with Crippen molar-refractivity contribution in [3.8, 4) is 11.8 Å². The van der Waals surface area contributed by atoms with Crippen molar-refractivity contribution in [2.24, 2.45) is 0 Å². The van der Waals surface area contributed by atoms with E-state index in [9.17, 15) is 14.0 Å². The molecule has 0 fully saturated rings. The molecule has 0 radical (unpaired) electrons. The van der Waals surface area contributed by atoms with Crippen molar-refractivity contribution in [1.82, 2.24) is 0 Å². The van der Waals surface area contributed by atoms with Gasteiger partial charge in [0.1, 0.15) is 5.82 Å². The van der Waals surface area contributed by atoms with E-state index in [4.69, 9.17) is 5.11 Å². The smallest absolute Gasteiger partial charge is 0.382 e. The minimum atomic E-state index is -1.37. The van der Waals surface area contributed by atoms with E-state index in [-0.39, 0.29) is 5.56 Å².